The Morgan fingerprint density at radius 1 is 1.05 bits per heavy atom. The molecule has 0 saturated heterocycles. The number of aromatic nitrogens is 1. The molecule has 0 saturated carbocycles. The van der Waals surface area contributed by atoms with Crippen molar-refractivity contribution in [1.82, 2.24) is 4.98 Å². The summed E-state index contributed by atoms with van der Waals surface area (Å²) in [7, 11) is 0. The van der Waals surface area contributed by atoms with Crippen LogP contribution in [0.25, 0.3) is 10.9 Å². The average molecular weight is 296 g/mol. The van der Waals surface area contributed by atoms with E-state index in [0.717, 1.165) is 16.5 Å². The second kappa shape index (κ2) is 5.93. The molecule has 0 N–H and O–H groups in total. The molecule has 0 aliphatic carbocycles. The van der Waals surface area contributed by atoms with Crippen molar-refractivity contribution in [2.45, 2.75) is 10.6 Å². The van der Waals surface area contributed by atoms with Gasteiger partial charge in [0.15, 0.2) is 0 Å². The van der Waals surface area contributed by atoms with Crippen LogP contribution in [-0.4, -0.2) is 9.91 Å². The molecule has 0 atom stereocenters. The minimum Gasteiger partial charge on any atom is -0.258 e. The van der Waals surface area contributed by atoms with E-state index in [9.17, 15) is 10.1 Å². The molecule has 104 valence electrons. The Hall–Kier alpha value is -2.40. The lowest BCUT2D eigenvalue weighted by Crippen LogP contribution is -1.93. The van der Waals surface area contributed by atoms with Crippen LogP contribution < -0.4 is 0 Å². The number of pyridine rings is 1. The fourth-order valence-corrected chi connectivity index (χ4v) is 3.26. The molecule has 0 aliphatic rings. The Kier molecular flexibility index (Phi) is 3.83. The van der Waals surface area contributed by atoms with Crippen LogP contribution in [0.4, 0.5) is 5.69 Å². The minimum atomic E-state index is -0.334. The molecule has 0 aliphatic heterocycles. The van der Waals surface area contributed by atoms with Crippen LogP contribution in [0.2, 0.25) is 0 Å². The second-order valence-electron chi connectivity index (χ2n) is 4.52. The van der Waals surface area contributed by atoms with Crippen molar-refractivity contribution in [3.63, 3.8) is 0 Å². The number of thioether (sulfide) groups is 1. The van der Waals surface area contributed by atoms with E-state index in [1.165, 1.54) is 17.8 Å². The van der Waals surface area contributed by atoms with E-state index >= 15 is 0 Å². The summed E-state index contributed by atoms with van der Waals surface area (Å²) in [5.41, 5.74) is 2.05. The highest BCUT2D eigenvalue weighted by molar-refractivity contribution is 7.98. The van der Waals surface area contributed by atoms with Gasteiger partial charge < -0.3 is 0 Å². The molecule has 1 aromatic heterocycles. The highest BCUT2D eigenvalue weighted by atomic mass is 32.2. The van der Waals surface area contributed by atoms with Gasteiger partial charge in [0.1, 0.15) is 0 Å². The first kappa shape index (κ1) is 13.6. The predicted molar refractivity (Wildman–Crippen MR) is 84.4 cm³/mol. The summed E-state index contributed by atoms with van der Waals surface area (Å²) in [4.78, 5) is 15.9. The van der Waals surface area contributed by atoms with Crippen LogP contribution in [0.1, 0.15) is 5.56 Å². The van der Waals surface area contributed by atoms with Gasteiger partial charge in [-0.2, -0.15) is 0 Å². The zero-order valence-corrected chi connectivity index (χ0v) is 11.9. The van der Waals surface area contributed by atoms with E-state index in [1.807, 2.05) is 36.4 Å². The Bertz CT molecular complexity index is 791. The monoisotopic (exact) mass is 296 g/mol. The number of nitro benzene ring substituents is 1. The van der Waals surface area contributed by atoms with Crippen molar-refractivity contribution in [2.75, 3.05) is 0 Å². The summed E-state index contributed by atoms with van der Waals surface area (Å²) in [5.74, 6) is 0.690. The van der Waals surface area contributed by atoms with Crippen molar-refractivity contribution in [2.24, 2.45) is 0 Å². The van der Waals surface area contributed by atoms with Crippen molar-refractivity contribution in [3.8, 4) is 0 Å². The van der Waals surface area contributed by atoms with E-state index in [0.29, 0.717) is 10.6 Å². The lowest BCUT2D eigenvalue weighted by atomic mass is 10.2. The first-order valence-electron chi connectivity index (χ1n) is 6.44. The number of nitrogens with zero attached hydrogens (tertiary/aromatic N) is 2. The average Bonchev–Trinajstić information content (AvgIpc) is 2.53. The molecule has 0 bridgehead atoms. The third-order valence-corrected chi connectivity index (χ3v) is 4.33. The molecule has 0 radical (unpaired) electrons. The van der Waals surface area contributed by atoms with Crippen LogP contribution in [-0.2, 0) is 5.75 Å². The Balaban J connectivity index is 2.02. The van der Waals surface area contributed by atoms with Gasteiger partial charge in [0, 0.05) is 23.4 Å². The largest absolute Gasteiger partial charge is 0.283 e. The molecule has 0 amide bonds. The van der Waals surface area contributed by atoms with Crippen LogP contribution >= 0.6 is 11.8 Å². The van der Waals surface area contributed by atoms with Gasteiger partial charge in [0.25, 0.3) is 5.69 Å². The van der Waals surface area contributed by atoms with E-state index in [4.69, 9.17) is 0 Å². The van der Waals surface area contributed by atoms with Gasteiger partial charge >= 0.3 is 0 Å². The van der Waals surface area contributed by atoms with Crippen molar-refractivity contribution in [3.05, 3.63) is 76.5 Å². The number of rotatable bonds is 4. The fourth-order valence-electron chi connectivity index (χ4n) is 2.14. The summed E-state index contributed by atoms with van der Waals surface area (Å²) in [6.07, 6.45) is 1.69. The van der Waals surface area contributed by atoms with Crippen LogP contribution in [0.3, 0.4) is 0 Å². The Labute approximate surface area is 126 Å². The predicted octanol–water partition coefficient (Wildman–Crippen LogP) is 4.44. The third-order valence-electron chi connectivity index (χ3n) is 3.14. The summed E-state index contributed by atoms with van der Waals surface area (Å²) in [6, 6.07) is 16.8. The van der Waals surface area contributed by atoms with E-state index in [-0.39, 0.29) is 10.6 Å². The molecule has 5 heteroatoms. The van der Waals surface area contributed by atoms with E-state index in [2.05, 4.69) is 4.98 Å². The van der Waals surface area contributed by atoms with Gasteiger partial charge in [-0.25, -0.2) is 0 Å². The van der Waals surface area contributed by atoms with Gasteiger partial charge in [-0.15, -0.1) is 11.8 Å². The fraction of sp³-hybridized carbons (Fsp3) is 0.0625. The SMILES string of the molecule is O=[N+]([O-])c1ccc2ncccc2c1SCc1ccccc1. The van der Waals surface area contributed by atoms with Gasteiger partial charge in [0.05, 0.1) is 15.3 Å². The molecule has 0 spiro atoms. The zero-order chi connectivity index (χ0) is 14.7. The lowest BCUT2D eigenvalue weighted by molar-refractivity contribution is -0.387. The van der Waals surface area contributed by atoms with Gasteiger partial charge in [-0.05, 0) is 23.8 Å². The first-order valence-corrected chi connectivity index (χ1v) is 7.43. The lowest BCUT2D eigenvalue weighted by Gasteiger charge is -2.07. The van der Waals surface area contributed by atoms with Crippen LogP contribution in [0, 0.1) is 10.1 Å². The maximum atomic E-state index is 11.2. The molecule has 4 nitrogen and oxygen atoms in total. The van der Waals surface area contributed by atoms with E-state index < -0.39 is 0 Å². The first-order chi connectivity index (χ1) is 10.3. The van der Waals surface area contributed by atoms with Crippen molar-refractivity contribution in [1.29, 1.82) is 0 Å². The van der Waals surface area contributed by atoms with Crippen molar-refractivity contribution >= 4 is 28.4 Å². The maximum absolute atomic E-state index is 11.2. The summed E-state index contributed by atoms with van der Waals surface area (Å²) >= 11 is 1.48. The molecule has 3 rings (SSSR count). The summed E-state index contributed by atoms with van der Waals surface area (Å²) < 4.78 is 0. The zero-order valence-electron chi connectivity index (χ0n) is 11.1. The maximum Gasteiger partial charge on any atom is 0.283 e. The Morgan fingerprint density at radius 3 is 2.62 bits per heavy atom. The molecule has 21 heavy (non-hydrogen) atoms. The molecule has 0 fully saturated rings. The normalized spacial score (nSPS) is 10.7. The number of nitro groups is 1. The third kappa shape index (κ3) is 2.87. The molecule has 1 heterocycles. The van der Waals surface area contributed by atoms with Gasteiger partial charge in [0.2, 0.25) is 0 Å². The number of fused-ring (bicyclic) bond motifs is 1. The second-order valence-corrected chi connectivity index (χ2v) is 5.50. The number of hydrogen-bond donors (Lipinski definition) is 0. The van der Waals surface area contributed by atoms with Crippen LogP contribution in [0.15, 0.2) is 65.7 Å². The number of benzene rings is 2. The van der Waals surface area contributed by atoms with E-state index in [1.54, 1.807) is 18.3 Å². The smallest absolute Gasteiger partial charge is 0.258 e. The summed E-state index contributed by atoms with van der Waals surface area (Å²) in [6.45, 7) is 0. The molecular formula is C16H12N2O2S. The minimum absolute atomic E-state index is 0.136. The molecule has 2 aromatic carbocycles. The highest BCUT2D eigenvalue weighted by Crippen LogP contribution is 2.37. The molecule has 3 aromatic rings. The topological polar surface area (TPSA) is 56.0 Å². The molecular weight excluding hydrogens is 284 g/mol. The standard InChI is InChI=1S/C16H12N2O2S/c19-18(20)15-9-8-14-13(7-4-10-17-14)16(15)21-11-12-5-2-1-3-6-12/h1-10H,11H2. The molecule has 0 unspecified atom stereocenters. The highest BCUT2D eigenvalue weighted by Gasteiger charge is 2.17. The quantitative estimate of drug-likeness (QED) is 0.406. The Morgan fingerprint density at radius 2 is 1.86 bits per heavy atom. The van der Waals surface area contributed by atoms with Crippen LogP contribution in [0.5, 0.6) is 0 Å². The number of hydrogen-bond acceptors (Lipinski definition) is 4. The summed E-state index contributed by atoms with van der Waals surface area (Å²) in [5, 5.41) is 12.1. The van der Waals surface area contributed by atoms with Gasteiger partial charge in [-0.3, -0.25) is 15.1 Å². The van der Waals surface area contributed by atoms with Gasteiger partial charge in [-0.1, -0.05) is 30.3 Å². The van der Waals surface area contributed by atoms with Crippen molar-refractivity contribution < 1.29 is 4.92 Å².